The molecule has 0 N–H and O–H groups in total. The van der Waals surface area contributed by atoms with Crippen molar-refractivity contribution in [2.45, 2.75) is 13.0 Å². The van der Waals surface area contributed by atoms with Gasteiger partial charge in [0.15, 0.2) is 0 Å². The number of nitrogens with zero attached hydrogens (tertiary/aromatic N) is 2. The monoisotopic (exact) mass is 294 g/mol. The van der Waals surface area contributed by atoms with Crippen molar-refractivity contribution in [2.75, 3.05) is 13.6 Å². The van der Waals surface area contributed by atoms with Gasteiger partial charge in [-0.3, -0.25) is 4.79 Å². The summed E-state index contributed by atoms with van der Waals surface area (Å²) in [6.07, 6.45) is 0.326. The van der Waals surface area contributed by atoms with Crippen LogP contribution in [0.25, 0.3) is 0 Å². The van der Waals surface area contributed by atoms with Crippen LogP contribution in [0.15, 0.2) is 54.6 Å². The molecule has 0 radical (unpaired) electrons. The number of rotatable bonds is 6. The van der Waals surface area contributed by atoms with E-state index in [4.69, 9.17) is 10.00 Å². The second-order valence-corrected chi connectivity index (χ2v) is 4.94. The van der Waals surface area contributed by atoms with E-state index in [2.05, 4.69) is 0 Å². The Balaban J connectivity index is 2.00. The topological polar surface area (TPSA) is 53.3 Å². The molecular weight excluding hydrogens is 276 g/mol. The smallest absolute Gasteiger partial charge is 0.253 e. The van der Waals surface area contributed by atoms with E-state index >= 15 is 0 Å². The van der Waals surface area contributed by atoms with Gasteiger partial charge < -0.3 is 9.64 Å². The lowest BCUT2D eigenvalue weighted by Crippen LogP contribution is -2.27. The van der Waals surface area contributed by atoms with Crippen LogP contribution in [0, 0.1) is 11.3 Å². The predicted octanol–water partition coefficient (Wildman–Crippen LogP) is 3.25. The van der Waals surface area contributed by atoms with Crippen LogP contribution < -0.4 is 4.74 Å². The summed E-state index contributed by atoms with van der Waals surface area (Å²) in [5.74, 6) is 0.545. The van der Waals surface area contributed by atoms with Crippen molar-refractivity contribution in [1.29, 1.82) is 5.26 Å². The average molecular weight is 294 g/mol. The maximum Gasteiger partial charge on any atom is 0.253 e. The highest BCUT2D eigenvalue weighted by Gasteiger charge is 2.11. The number of hydrogen-bond acceptors (Lipinski definition) is 3. The molecule has 0 heterocycles. The van der Waals surface area contributed by atoms with Gasteiger partial charge in [0, 0.05) is 19.2 Å². The summed E-state index contributed by atoms with van der Waals surface area (Å²) in [6, 6.07) is 19.0. The van der Waals surface area contributed by atoms with Crippen LogP contribution in [0.1, 0.15) is 22.3 Å². The molecule has 1 amide bonds. The first-order valence-corrected chi connectivity index (χ1v) is 7.10. The molecule has 0 bridgehead atoms. The van der Waals surface area contributed by atoms with E-state index in [9.17, 15) is 4.79 Å². The first-order valence-electron chi connectivity index (χ1n) is 7.10. The van der Waals surface area contributed by atoms with Gasteiger partial charge in [-0.05, 0) is 23.8 Å². The molecule has 0 saturated heterocycles. The van der Waals surface area contributed by atoms with E-state index in [1.807, 2.05) is 42.5 Å². The molecule has 0 aliphatic heterocycles. The Morgan fingerprint density at radius 2 is 1.95 bits per heavy atom. The molecule has 4 nitrogen and oxygen atoms in total. The fourth-order valence-electron chi connectivity index (χ4n) is 2.00. The highest BCUT2D eigenvalue weighted by atomic mass is 16.5. The standard InChI is InChI=1S/C18H18N2O2/c1-20(12-6-11-19)18(21)16-9-5-10-17(13-16)22-14-15-7-3-2-4-8-15/h2-5,7-10,13H,6,12,14H2,1H3. The summed E-state index contributed by atoms with van der Waals surface area (Å²) < 4.78 is 5.72. The Labute approximate surface area is 130 Å². The first kappa shape index (κ1) is 15.6. The molecule has 0 aliphatic carbocycles. The molecular formula is C18H18N2O2. The number of benzene rings is 2. The summed E-state index contributed by atoms with van der Waals surface area (Å²) in [7, 11) is 1.69. The fourth-order valence-corrected chi connectivity index (χ4v) is 2.00. The highest BCUT2D eigenvalue weighted by Crippen LogP contribution is 2.16. The van der Waals surface area contributed by atoms with Crippen molar-refractivity contribution in [1.82, 2.24) is 4.90 Å². The Hall–Kier alpha value is -2.80. The van der Waals surface area contributed by atoms with Crippen LogP contribution in [0.2, 0.25) is 0 Å². The van der Waals surface area contributed by atoms with Crippen LogP contribution in [0.3, 0.4) is 0 Å². The van der Waals surface area contributed by atoms with Gasteiger partial charge in [-0.1, -0.05) is 36.4 Å². The zero-order valence-electron chi connectivity index (χ0n) is 12.5. The lowest BCUT2D eigenvalue weighted by molar-refractivity contribution is 0.0797. The molecule has 112 valence electrons. The van der Waals surface area contributed by atoms with Gasteiger partial charge in [-0.25, -0.2) is 0 Å². The first-order chi connectivity index (χ1) is 10.7. The lowest BCUT2D eigenvalue weighted by atomic mass is 10.2. The second-order valence-electron chi connectivity index (χ2n) is 4.94. The van der Waals surface area contributed by atoms with Gasteiger partial charge in [0.2, 0.25) is 0 Å². The Morgan fingerprint density at radius 1 is 1.18 bits per heavy atom. The predicted molar refractivity (Wildman–Crippen MR) is 84.4 cm³/mol. The van der Waals surface area contributed by atoms with E-state index in [0.717, 1.165) is 5.56 Å². The van der Waals surface area contributed by atoms with Crippen LogP contribution in [0.4, 0.5) is 0 Å². The van der Waals surface area contributed by atoms with Gasteiger partial charge in [-0.2, -0.15) is 5.26 Å². The maximum absolute atomic E-state index is 12.2. The van der Waals surface area contributed by atoms with Crippen LogP contribution >= 0.6 is 0 Å². The van der Waals surface area contributed by atoms with E-state index in [-0.39, 0.29) is 5.91 Å². The SMILES string of the molecule is CN(CCC#N)C(=O)c1cccc(OCc2ccccc2)c1. The molecule has 0 unspecified atom stereocenters. The quantitative estimate of drug-likeness (QED) is 0.821. The van der Waals surface area contributed by atoms with Gasteiger partial charge in [0.1, 0.15) is 12.4 Å². The summed E-state index contributed by atoms with van der Waals surface area (Å²) in [5.41, 5.74) is 1.64. The maximum atomic E-state index is 12.2. The molecule has 0 fully saturated rings. The van der Waals surface area contributed by atoms with Crippen molar-refractivity contribution >= 4 is 5.91 Å². The molecule has 0 saturated carbocycles. The Bertz CT molecular complexity index is 662. The zero-order valence-corrected chi connectivity index (χ0v) is 12.5. The van der Waals surface area contributed by atoms with Gasteiger partial charge in [-0.15, -0.1) is 0 Å². The normalized spacial score (nSPS) is 9.82. The van der Waals surface area contributed by atoms with Gasteiger partial charge in [0.05, 0.1) is 12.5 Å². The van der Waals surface area contributed by atoms with Crippen LogP contribution in [0.5, 0.6) is 5.75 Å². The van der Waals surface area contributed by atoms with Gasteiger partial charge >= 0.3 is 0 Å². The minimum Gasteiger partial charge on any atom is -0.489 e. The number of ether oxygens (including phenoxy) is 1. The Morgan fingerprint density at radius 3 is 2.68 bits per heavy atom. The number of hydrogen-bond donors (Lipinski definition) is 0. The van der Waals surface area contributed by atoms with Crippen LogP contribution in [-0.4, -0.2) is 24.4 Å². The van der Waals surface area contributed by atoms with Crippen molar-refractivity contribution in [2.24, 2.45) is 0 Å². The number of amides is 1. The summed E-state index contributed by atoms with van der Waals surface area (Å²) in [5, 5.41) is 8.58. The molecule has 2 rings (SSSR count). The van der Waals surface area contributed by atoms with Crippen molar-refractivity contribution in [3.63, 3.8) is 0 Å². The number of carbonyl (C=O) groups excluding carboxylic acids is 1. The fraction of sp³-hybridized carbons (Fsp3) is 0.222. The minimum atomic E-state index is -0.111. The largest absolute Gasteiger partial charge is 0.489 e. The van der Waals surface area contributed by atoms with E-state index < -0.39 is 0 Å². The molecule has 2 aromatic rings. The third kappa shape index (κ3) is 4.35. The van der Waals surface area contributed by atoms with E-state index in [1.165, 1.54) is 0 Å². The molecule has 2 aromatic carbocycles. The van der Waals surface area contributed by atoms with Crippen LogP contribution in [-0.2, 0) is 6.61 Å². The molecule has 0 aromatic heterocycles. The molecule has 22 heavy (non-hydrogen) atoms. The summed E-state index contributed by atoms with van der Waals surface area (Å²) in [4.78, 5) is 13.8. The molecule has 4 heteroatoms. The third-order valence-electron chi connectivity index (χ3n) is 3.24. The van der Waals surface area contributed by atoms with Crippen molar-refractivity contribution in [3.8, 4) is 11.8 Å². The highest BCUT2D eigenvalue weighted by molar-refractivity contribution is 5.94. The average Bonchev–Trinajstić information content (AvgIpc) is 2.58. The zero-order chi connectivity index (χ0) is 15.8. The number of carbonyl (C=O) groups is 1. The minimum absolute atomic E-state index is 0.111. The summed E-state index contributed by atoms with van der Waals surface area (Å²) >= 11 is 0. The van der Waals surface area contributed by atoms with E-state index in [0.29, 0.717) is 30.9 Å². The van der Waals surface area contributed by atoms with Crippen molar-refractivity contribution < 1.29 is 9.53 Å². The van der Waals surface area contributed by atoms with E-state index in [1.54, 1.807) is 30.1 Å². The summed E-state index contributed by atoms with van der Waals surface area (Å²) in [6.45, 7) is 0.882. The lowest BCUT2D eigenvalue weighted by Gasteiger charge is -2.16. The van der Waals surface area contributed by atoms with Gasteiger partial charge in [0.25, 0.3) is 5.91 Å². The third-order valence-corrected chi connectivity index (χ3v) is 3.24. The number of nitriles is 1. The molecule has 0 atom stereocenters. The molecule has 0 spiro atoms. The Kier molecular flexibility index (Phi) is 5.56. The molecule has 0 aliphatic rings. The van der Waals surface area contributed by atoms with Crippen molar-refractivity contribution in [3.05, 3.63) is 65.7 Å². The second kappa shape index (κ2) is 7.84.